The molecule has 0 fully saturated rings. The molecule has 0 spiro atoms. The van der Waals surface area contributed by atoms with Crippen molar-refractivity contribution >= 4 is 23.1 Å². The molecule has 2 N–H and O–H groups in total. The number of anilines is 3. The number of hydrogen-bond acceptors (Lipinski definition) is 2. The van der Waals surface area contributed by atoms with Gasteiger partial charge < -0.3 is 10.6 Å². The highest BCUT2D eigenvalue weighted by atomic mass is 19.2. The Bertz CT molecular complexity index is 713. The number of urea groups is 1. The molecule has 2 aromatic rings. The first-order chi connectivity index (χ1) is 10.6. The number of halogens is 3. The Morgan fingerprint density at radius 3 is 2.55 bits per heavy atom. The summed E-state index contributed by atoms with van der Waals surface area (Å²) >= 11 is 0. The molecule has 0 unspecified atom stereocenters. The Morgan fingerprint density at radius 2 is 1.82 bits per heavy atom. The molecule has 114 valence electrons. The third kappa shape index (κ3) is 2.57. The minimum absolute atomic E-state index is 0.141. The van der Waals surface area contributed by atoms with Gasteiger partial charge in [-0.25, -0.2) is 18.0 Å². The van der Waals surface area contributed by atoms with Crippen LogP contribution >= 0.6 is 0 Å². The summed E-state index contributed by atoms with van der Waals surface area (Å²) in [6.07, 6.45) is 0. The molecule has 0 atom stereocenters. The number of carbonyl (C=O) groups is 1. The number of carbonyl (C=O) groups excluding carboxylic acids is 1. The van der Waals surface area contributed by atoms with Crippen LogP contribution in [0.3, 0.4) is 0 Å². The van der Waals surface area contributed by atoms with Crippen molar-refractivity contribution in [2.24, 2.45) is 0 Å². The molecule has 2 amide bonds. The molecule has 0 aliphatic carbocycles. The minimum Gasteiger partial charge on any atom is -0.382 e. The monoisotopic (exact) mass is 307 g/mol. The van der Waals surface area contributed by atoms with E-state index >= 15 is 0 Å². The van der Waals surface area contributed by atoms with Crippen LogP contribution in [0.4, 0.5) is 35.0 Å². The smallest absolute Gasteiger partial charge is 0.326 e. The normalized spacial score (nSPS) is 13.3. The lowest BCUT2D eigenvalue weighted by molar-refractivity contribution is 0.257. The fourth-order valence-electron chi connectivity index (χ4n) is 2.31. The summed E-state index contributed by atoms with van der Waals surface area (Å²) < 4.78 is 39.3. The topological polar surface area (TPSA) is 44.4 Å². The molecule has 7 heteroatoms. The molecule has 0 saturated heterocycles. The van der Waals surface area contributed by atoms with Gasteiger partial charge in [0.2, 0.25) is 0 Å². The molecular weight excluding hydrogens is 295 g/mol. The summed E-state index contributed by atoms with van der Waals surface area (Å²) in [4.78, 5) is 13.7. The number of nitrogens with one attached hydrogen (secondary N) is 2. The van der Waals surface area contributed by atoms with E-state index in [1.807, 2.05) is 12.1 Å². The van der Waals surface area contributed by atoms with Crippen LogP contribution in [-0.4, -0.2) is 19.1 Å². The molecule has 1 aliphatic heterocycles. The van der Waals surface area contributed by atoms with Crippen LogP contribution < -0.4 is 15.5 Å². The lowest BCUT2D eigenvalue weighted by Gasteiger charge is -2.30. The van der Waals surface area contributed by atoms with E-state index in [0.29, 0.717) is 18.8 Å². The van der Waals surface area contributed by atoms with Gasteiger partial charge in [-0.05, 0) is 12.1 Å². The predicted octanol–water partition coefficient (Wildman–Crippen LogP) is 3.57. The lowest BCUT2D eigenvalue weighted by Crippen LogP contribution is -2.41. The van der Waals surface area contributed by atoms with Crippen LogP contribution in [0.15, 0.2) is 36.4 Å². The largest absolute Gasteiger partial charge is 0.382 e. The van der Waals surface area contributed by atoms with Crippen LogP contribution in [0, 0.1) is 17.5 Å². The predicted molar refractivity (Wildman–Crippen MR) is 77.6 cm³/mol. The third-order valence-electron chi connectivity index (χ3n) is 3.33. The van der Waals surface area contributed by atoms with E-state index in [9.17, 15) is 18.0 Å². The van der Waals surface area contributed by atoms with E-state index in [1.165, 1.54) is 4.90 Å². The van der Waals surface area contributed by atoms with Crippen molar-refractivity contribution in [1.82, 2.24) is 0 Å². The van der Waals surface area contributed by atoms with Gasteiger partial charge in [-0.15, -0.1) is 0 Å². The number of para-hydroxylation sites is 2. The van der Waals surface area contributed by atoms with Gasteiger partial charge in [0.1, 0.15) is 0 Å². The highest BCUT2D eigenvalue weighted by Gasteiger charge is 2.22. The molecule has 22 heavy (non-hydrogen) atoms. The fraction of sp³-hybridized carbons (Fsp3) is 0.133. The molecule has 3 rings (SSSR count). The van der Waals surface area contributed by atoms with Gasteiger partial charge in [0, 0.05) is 30.9 Å². The molecule has 0 aromatic heterocycles. The Hall–Kier alpha value is -2.70. The first kappa shape index (κ1) is 14.2. The Labute approximate surface area is 124 Å². The summed E-state index contributed by atoms with van der Waals surface area (Å²) in [6, 6.07) is 8.13. The zero-order chi connectivity index (χ0) is 15.7. The maximum Gasteiger partial charge on any atom is 0.326 e. The molecule has 0 bridgehead atoms. The second kappa shape index (κ2) is 5.59. The number of rotatable bonds is 1. The van der Waals surface area contributed by atoms with E-state index in [1.54, 1.807) is 12.1 Å². The van der Waals surface area contributed by atoms with Crippen molar-refractivity contribution < 1.29 is 18.0 Å². The molecule has 0 radical (unpaired) electrons. The van der Waals surface area contributed by atoms with E-state index in [2.05, 4.69) is 10.6 Å². The molecule has 2 aromatic carbocycles. The third-order valence-corrected chi connectivity index (χ3v) is 3.33. The van der Waals surface area contributed by atoms with Crippen molar-refractivity contribution in [1.29, 1.82) is 0 Å². The average molecular weight is 307 g/mol. The van der Waals surface area contributed by atoms with Gasteiger partial charge >= 0.3 is 6.03 Å². The average Bonchev–Trinajstić information content (AvgIpc) is 2.52. The van der Waals surface area contributed by atoms with Crippen LogP contribution in [0.1, 0.15) is 0 Å². The Kier molecular flexibility index (Phi) is 3.62. The zero-order valence-corrected chi connectivity index (χ0v) is 11.4. The van der Waals surface area contributed by atoms with E-state index < -0.39 is 23.5 Å². The van der Waals surface area contributed by atoms with Gasteiger partial charge in [-0.3, -0.25) is 4.90 Å². The van der Waals surface area contributed by atoms with Gasteiger partial charge in [0.25, 0.3) is 0 Å². The lowest BCUT2D eigenvalue weighted by atomic mass is 10.2. The van der Waals surface area contributed by atoms with Crippen LogP contribution in [-0.2, 0) is 0 Å². The van der Waals surface area contributed by atoms with Crippen LogP contribution in [0.2, 0.25) is 0 Å². The Balaban J connectivity index is 1.84. The fourth-order valence-corrected chi connectivity index (χ4v) is 2.31. The SMILES string of the molecule is O=C(Nc1cc(F)c(F)c(F)c1)N1CCNc2ccccc21. The minimum atomic E-state index is -1.56. The molecular formula is C15H12F3N3O. The molecule has 0 saturated carbocycles. The summed E-state index contributed by atoms with van der Waals surface area (Å²) in [6.45, 7) is 0.950. The highest BCUT2D eigenvalue weighted by Crippen LogP contribution is 2.29. The maximum atomic E-state index is 13.2. The van der Waals surface area contributed by atoms with Crippen molar-refractivity contribution in [3.63, 3.8) is 0 Å². The van der Waals surface area contributed by atoms with Crippen LogP contribution in [0.25, 0.3) is 0 Å². The molecule has 4 nitrogen and oxygen atoms in total. The van der Waals surface area contributed by atoms with Crippen LogP contribution in [0.5, 0.6) is 0 Å². The number of hydrogen-bond donors (Lipinski definition) is 2. The number of fused-ring (bicyclic) bond motifs is 1. The van der Waals surface area contributed by atoms with Crippen molar-refractivity contribution in [2.45, 2.75) is 0 Å². The highest BCUT2D eigenvalue weighted by molar-refractivity contribution is 6.04. The van der Waals surface area contributed by atoms with E-state index in [4.69, 9.17) is 0 Å². The first-order valence-electron chi connectivity index (χ1n) is 6.62. The second-order valence-electron chi connectivity index (χ2n) is 4.78. The zero-order valence-electron chi connectivity index (χ0n) is 11.4. The van der Waals surface area contributed by atoms with Crippen molar-refractivity contribution in [3.8, 4) is 0 Å². The first-order valence-corrected chi connectivity index (χ1v) is 6.62. The van der Waals surface area contributed by atoms with E-state index in [-0.39, 0.29) is 5.69 Å². The molecule has 1 heterocycles. The van der Waals surface area contributed by atoms with Gasteiger partial charge in [-0.2, -0.15) is 0 Å². The Morgan fingerprint density at radius 1 is 1.14 bits per heavy atom. The quantitative estimate of drug-likeness (QED) is 0.791. The van der Waals surface area contributed by atoms with Crippen molar-refractivity contribution in [3.05, 3.63) is 53.8 Å². The number of nitrogens with zero attached hydrogens (tertiary/aromatic N) is 1. The molecule has 1 aliphatic rings. The van der Waals surface area contributed by atoms with Crippen molar-refractivity contribution in [2.75, 3.05) is 28.6 Å². The number of amides is 2. The summed E-state index contributed by atoms with van der Waals surface area (Å²) in [5.74, 6) is -4.27. The van der Waals surface area contributed by atoms with Gasteiger partial charge in [0.15, 0.2) is 17.5 Å². The summed E-state index contributed by atoms with van der Waals surface area (Å²) in [5.41, 5.74) is 1.31. The summed E-state index contributed by atoms with van der Waals surface area (Å²) in [5, 5.41) is 5.52. The second-order valence-corrected chi connectivity index (χ2v) is 4.78. The number of benzene rings is 2. The van der Waals surface area contributed by atoms with E-state index in [0.717, 1.165) is 17.8 Å². The maximum absolute atomic E-state index is 13.2. The standard InChI is InChI=1S/C15H12F3N3O/c16-10-7-9(8-11(17)14(10)18)20-15(22)21-6-5-19-12-3-1-2-4-13(12)21/h1-4,7-8,19H,5-6H2,(H,20,22). The van der Waals surface area contributed by atoms with Gasteiger partial charge in [-0.1, -0.05) is 12.1 Å². The van der Waals surface area contributed by atoms with Gasteiger partial charge in [0.05, 0.1) is 11.4 Å². The summed E-state index contributed by atoms with van der Waals surface area (Å²) in [7, 11) is 0.